The van der Waals surface area contributed by atoms with Crippen molar-refractivity contribution >= 4 is 22.9 Å². The first-order valence-corrected chi connectivity index (χ1v) is 8.00. The molecule has 0 aliphatic carbocycles. The minimum Gasteiger partial charge on any atom is -0.449 e. The number of H-pyrrole nitrogens is 1. The van der Waals surface area contributed by atoms with E-state index in [-0.39, 0.29) is 11.6 Å². The molecule has 0 bridgehead atoms. The first-order chi connectivity index (χ1) is 12.1. The monoisotopic (exact) mass is 345 g/mol. The third kappa shape index (κ3) is 3.00. The lowest BCUT2D eigenvalue weighted by atomic mass is 10.1. The number of imidazole rings is 1. The summed E-state index contributed by atoms with van der Waals surface area (Å²) in [6.07, 6.45) is 4.52. The van der Waals surface area contributed by atoms with Crippen LogP contribution in [0.1, 0.15) is 19.3 Å². The van der Waals surface area contributed by atoms with Crippen LogP contribution in [0.25, 0.3) is 17.0 Å². The highest BCUT2D eigenvalue weighted by atomic mass is 19.1. The summed E-state index contributed by atoms with van der Waals surface area (Å²) in [4.78, 5) is 20.0. The molecule has 0 unspecified atom stereocenters. The second-order valence-corrected chi connectivity index (χ2v) is 5.92. The van der Waals surface area contributed by atoms with Crippen LogP contribution in [-0.4, -0.2) is 44.1 Å². The van der Waals surface area contributed by atoms with Gasteiger partial charge >= 0.3 is 6.16 Å². The van der Waals surface area contributed by atoms with Crippen molar-refractivity contribution in [1.82, 2.24) is 19.7 Å². The molecule has 0 saturated carbocycles. The maximum atomic E-state index is 14.5. The molecular weight excluding hydrogens is 329 g/mol. The van der Waals surface area contributed by atoms with Gasteiger partial charge in [0.15, 0.2) is 5.75 Å². The number of carbonyl (C=O) groups is 1. The van der Waals surface area contributed by atoms with Crippen LogP contribution in [0, 0.1) is 5.82 Å². The van der Waals surface area contributed by atoms with Gasteiger partial charge in [0.1, 0.15) is 5.82 Å². The van der Waals surface area contributed by atoms with E-state index in [0.29, 0.717) is 22.7 Å². The van der Waals surface area contributed by atoms with Crippen LogP contribution in [0.4, 0.5) is 14.9 Å². The largest absolute Gasteiger partial charge is 0.511 e. The Morgan fingerprint density at radius 3 is 2.84 bits per heavy atom. The molecule has 0 radical (unpaired) electrons. The summed E-state index contributed by atoms with van der Waals surface area (Å²) in [6.45, 7) is 1.68. The Kier molecular flexibility index (Phi) is 3.75. The third-order valence-corrected chi connectivity index (χ3v) is 4.22. The third-order valence-electron chi connectivity index (χ3n) is 4.22. The number of anilines is 1. The first kappa shape index (κ1) is 15.4. The first-order valence-electron chi connectivity index (χ1n) is 8.00. The molecule has 3 heterocycles. The van der Waals surface area contributed by atoms with Crippen LogP contribution >= 0.6 is 0 Å². The number of nitrogens with zero attached hydrogens (tertiary/aromatic N) is 4. The molecule has 4 rings (SSSR count). The second kappa shape index (κ2) is 6.08. The second-order valence-electron chi connectivity index (χ2n) is 5.92. The maximum absolute atomic E-state index is 14.5. The molecule has 25 heavy (non-hydrogen) atoms. The van der Waals surface area contributed by atoms with Crippen molar-refractivity contribution in [2.75, 3.05) is 18.0 Å². The number of benzene rings is 1. The number of fused-ring (bicyclic) bond motifs is 1. The van der Waals surface area contributed by atoms with E-state index in [2.05, 4.69) is 19.8 Å². The van der Waals surface area contributed by atoms with Gasteiger partial charge in [-0.25, -0.2) is 18.9 Å². The smallest absolute Gasteiger partial charge is 0.449 e. The topological polar surface area (TPSA) is 96.3 Å². The van der Waals surface area contributed by atoms with E-state index >= 15 is 0 Å². The van der Waals surface area contributed by atoms with Crippen LogP contribution in [0.2, 0.25) is 0 Å². The fraction of sp³-hybridized carbons (Fsp3) is 0.312. The maximum Gasteiger partial charge on any atom is 0.511 e. The normalized spacial score (nSPS) is 14.8. The van der Waals surface area contributed by atoms with Crippen molar-refractivity contribution in [1.29, 1.82) is 0 Å². The number of ether oxygens (including phenoxy) is 1. The van der Waals surface area contributed by atoms with Gasteiger partial charge in [-0.05, 0) is 25.3 Å². The van der Waals surface area contributed by atoms with Crippen LogP contribution in [0.3, 0.4) is 0 Å². The molecule has 9 heteroatoms. The van der Waals surface area contributed by atoms with Crippen molar-refractivity contribution in [2.45, 2.75) is 19.3 Å². The SMILES string of the molecule is O=C(O)Oc1cnn(-c2nc3cc(N4CCCCC4)c(F)cc3[nH]2)c1. The van der Waals surface area contributed by atoms with Gasteiger partial charge in [0.25, 0.3) is 0 Å². The summed E-state index contributed by atoms with van der Waals surface area (Å²) < 4.78 is 20.3. The van der Waals surface area contributed by atoms with Crippen LogP contribution in [0.15, 0.2) is 24.5 Å². The lowest BCUT2D eigenvalue weighted by Gasteiger charge is -2.29. The van der Waals surface area contributed by atoms with Gasteiger partial charge in [-0.3, -0.25) is 0 Å². The zero-order valence-electron chi connectivity index (χ0n) is 13.3. The van der Waals surface area contributed by atoms with Crippen molar-refractivity contribution < 1.29 is 19.0 Å². The summed E-state index contributed by atoms with van der Waals surface area (Å²) in [5.74, 6) is 0.138. The predicted molar refractivity (Wildman–Crippen MR) is 87.9 cm³/mol. The van der Waals surface area contributed by atoms with Gasteiger partial charge in [-0.1, -0.05) is 0 Å². The number of piperidine rings is 1. The van der Waals surface area contributed by atoms with Crippen LogP contribution < -0.4 is 9.64 Å². The van der Waals surface area contributed by atoms with Gasteiger partial charge in [-0.2, -0.15) is 5.10 Å². The minimum absolute atomic E-state index is 0.0770. The summed E-state index contributed by atoms with van der Waals surface area (Å²) in [5, 5.41) is 12.6. The molecule has 0 atom stereocenters. The van der Waals surface area contributed by atoms with Crippen molar-refractivity contribution in [3.05, 3.63) is 30.3 Å². The summed E-state index contributed by atoms with van der Waals surface area (Å²) >= 11 is 0. The fourth-order valence-corrected chi connectivity index (χ4v) is 3.07. The molecule has 2 aromatic heterocycles. The van der Waals surface area contributed by atoms with Gasteiger partial charge in [0.05, 0.1) is 29.1 Å². The Balaban J connectivity index is 1.67. The van der Waals surface area contributed by atoms with E-state index in [4.69, 9.17) is 5.11 Å². The number of nitrogens with one attached hydrogen (secondary N) is 1. The molecule has 2 N–H and O–H groups in total. The van der Waals surface area contributed by atoms with E-state index in [1.807, 2.05) is 4.90 Å². The number of halogens is 1. The van der Waals surface area contributed by atoms with Gasteiger partial charge in [0, 0.05) is 19.2 Å². The van der Waals surface area contributed by atoms with Crippen LogP contribution in [0.5, 0.6) is 5.75 Å². The van der Waals surface area contributed by atoms with E-state index < -0.39 is 6.16 Å². The number of hydrogen-bond acceptors (Lipinski definition) is 5. The highest BCUT2D eigenvalue weighted by Crippen LogP contribution is 2.28. The van der Waals surface area contributed by atoms with E-state index in [1.165, 1.54) is 29.6 Å². The van der Waals surface area contributed by atoms with Crippen molar-refractivity contribution in [2.24, 2.45) is 0 Å². The Labute approximate surface area is 141 Å². The number of aromatic nitrogens is 4. The summed E-state index contributed by atoms with van der Waals surface area (Å²) in [6, 6.07) is 3.15. The predicted octanol–water partition coefficient (Wildman–Crippen LogP) is 2.93. The minimum atomic E-state index is -1.42. The number of aromatic amines is 1. The lowest BCUT2D eigenvalue weighted by Crippen LogP contribution is -2.30. The fourth-order valence-electron chi connectivity index (χ4n) is 3.07. The van der Waals surface area contributed by atoms with E-state index in [0.717, 1.165) is 25.9 Å². The molecule has 1 fully saturated rings. The molecule has 130 valence electrons. The van der Waals surface area contributed by atoms with Crippen molar-refractivity contribution in [3.63, 3.8) is 0 Å². The molecule has 0 spiro atoms. The molecule has 1 aliphatic rings. The molecule has 1 aromatic carbocycles. The quantitative estimate of drug-likeness (QED) is 0.709. The summed E-state index contributed by atoms with van der Waals surface area (Å²) in [5.41, 5.74) is 1.72. The highest BCUT2D eigenvalue weighted by Gasteiger charge is 2.17. The van der Waals surface area contributed by atoms with Gasteiger partial charge in [0.2, 0.25) is 5.95 Å². The highest BCUT2D eigenvalue weighted by molar-refractivity contribution is 5.81. The summed E-state index contributed by atoms with van der Waals surface area (Å²) in [7, 11) is 0. The zero-order chi connectivity index (χ0) is 17.4. The van der Waals surface area contributed by atoms with E-state index in [1.54, 1.807) is 6.07 Å². The molecular formula is C16H16FN5O3. The molecule has 0 amide bonds. The van der Waals surface area contributed by atoms with Gasteiger partial charge < -0.3 is 19.7 Å². The lowest BCUT2D eigenvalue weighted by molar-refractivity contribution is 0.144. The van der Waals surface area contributed by atoms with Crippen molar-refractivity contribution in [3.8, 4) is 11.7 Å². The Morgan fingerprint density at radius 1 is 1.28 bits per heavy atom. The number of carboxylic acid groups (broad SMARTS) is 1. The van der Waals surface area contributed by atoms with Gasteiger partial charge in [-0.15, -0.1) is 0 Å². The van der Waals surface area contributed by atoms with Crippen LogP contribution in [-0.2, 0) is 0 Å². The number of rotatable bonds is 3. The Bertz CT molecular complexity index is 929. The average molecular weight is 345 g/mol. The molecule has 1 saturated heterocycles. The van der Waals surface area contributed by atoms with E-state index in [9.17, 15) is 9.18 Å². The molecule has 1 aliphatic heterocycles. The zero-order valence-corrected chi connectivity index (χ0v) is 13.3. The molecule has 8 nitrogen and oxygen atoms in total. The standard InChI is InChI=1S/C16H16FN5O3/c17-11-6-12-13(7-14(11)21-4-2-1-3-5-21)20-15(19-12)22-9-10(8-18-22)25-16(23)24/h6-9H,1-5H2,(H,19,20)(H,23,24). The Morgan fingerprint density at radius 2 is 2.08 bits per heavy atom. The molecule has 3 aromatic rings. The Hall–Kier alpha value is -3.10. The average Bonchev–Trinajstić information content (AvgIpc) is 3.20. The number of hydrogen-bond donors (Lipinski definition) is 2.